The van der Waals surface area contributed by atoms with Crippen LogP contribution < -0.4 is 9.47 Å². The van der Waals surface area contributed by atoms with Crippen molar-refractivity contribution < 1.29 is 24.2 Å². The van der Waals surface area contributed by atoms with Crippen LogP contribution in [0.15, 0.2) is 72.8 Å². The molecule has 33 heavy (non-hydrogen) atoms. The van der Waals surface area contributed by atoms with E-state index < -0.39 is 17.7 Å². The third-order valence-electron chi connectivity index (χ3n) is 5.69. The highest BCUT2D eigenvalue weighted by Crippen LogP contribution is 2.43. The molecule has 0 bridgehead atoms. The summed E-state index contributed by atoms with van der Waals surface area (Å²) in [5.41, 5.74) is 1.05. The number of aryl methyl sites for hydroxylation is 1. The molecule has 1 amide bonds. The average molecular weight is 447 g/mol. The molecule has 2 heterocycles. The van der Waals surface area contributed by atoms with Gasteiger partial charge in [0.05, 0.1) is 32.2 Å². The van der Waals surface area contributed by atoms with E-state index in [0.29, 0.717) is 42.1 Å². The lowest BCUT2D eigenvalue weighted by Crippen LogP contribution is -2.31. The first kappa shape index (κ1) is 22.1. The van der Waals surface area contributed by atoms with Crippen molar-refractivity contribution in [2.24, 2.45) is 0 Å². The second-order valence-corrected chi connectivity index (χ2v) is 7.62. The third kappa shape index (κ3) is 4.32. The molecule has 2 aromatic carbocycles. The summed E-state index contributed by atoms with van der Waals surface area (Å²) in [5, 5.41) is 11.1. The molecule has 8 heteroatoms. The molecule has 1 aromatic heterocycles. The Morgan fingerprint density at radius 2 is 1.85 bits per heavy atom. The average Bonchev–Trinajstić information content (AvgIpc) is 3.46. The monoisotopic (exact) mass is 447 g/mol. The summed E-state index contributed by atoms with van der Waals surface area (Å²) in [4.78, 5) is 31.8. The van der Waals surface area contributed by atoms with E-state index in [9.17, 15) is 14.7 Å². The number of carbonyl (C=O) groups excluding carboxylic acids is 2. The van der Waals surface area contributed by atoms with Crippen molar-refractivity contribution in [2.45, 2.75) is 19.0 Å². The van der Waals surface area contributed by atoms with Crippen molar-refractivity contribution in [1.82, 2.24) is 14.5 Å². The quantitative estimate of drug-likeness (QED) is 0.323. The number of benzene rings is 2. The van der Waals surface area contributed by atoms with E-state index in [-0.39, 0.29) is 11.3 Å². The summed E-state index contributed by atoms with van der Waals surface area (Å²) < 4.78 is 12.8. The minimum atomic E-state index is -0.821. The van der Waals surface area contributed by atoms with Gasteiger partial charge in [0.2, 0.25) is 0 Å². The Morgan fingerprint density at radius 3 is 2.52 bits per heavy atom. The van der Waals surface area contributed by atoms with Crippen LogP contribution in [0, 0.1) is 0 Å². The molecule has 3 aromatic rings. The maximum atomic E-state index is 13.2. The lowest BCUT2D eigenvalue weighted by atomic mass is 9.94. The molecule has 1 aliphatic heterocycles. The van der Waals surface area contributed by atoms with Gasteiger partial charge in [-0.25, -0.2) is 4.98 Å². The number of hydrogen-bond acceptors (Lipinski definition) is 6. The Kier molecular flexibility index (Phi) is 6.44. The highest BCUT2D eigenvalue weighted by atomic mass is 16.5. The number of aromatic nitrogens is 2. The maximum absolute atomic E-state index is 13.2. The normalized spacial score (nSPS) is 17.4. The lowest BCUT2D eigenvalue weighted by Gasteiger charge is -2.27. The van der Waals surface area contributed by atoms with Gasteiger partial charge in [0, 0.05) is 36.6 Å². The van der Waals surface area contributed by atoms with Crippen LogP contribution >= 0.6 is 0 Å². The highest BCUT2D eigenvalue weighted by Gasteiger charge is 2.47. The Hall–Kier alpha value is -4.07. The van der Waals surface area contributed by atoms with Crippen LogP contribution in [-0.4, -0.2) is 52.0 Å². The molecule has 8 nitrogen and oxygen atoms in total. The predicted octanol–water partition coefficient (Wildman–Crippen LogP) is 3.41. The number of aliphatic hydroxyl groups is 1. The highest BCUT2D eigenvalue weighted by molar-refractivity contribution is 6.46. The smallest absolute Gasteiger partial charge is 0.295 e. The van der Waals surface area contributed by atoms with Gasteiger partial charge >= 0.3 is 0 Å². The number of aliphatic hydroxyl groups excluding tert-OH is 1. The van der Waals surface area contributed by atoms with E-state index in [4.69, 9.17) is 9.47 Å². The number of carbonyl (C=O) groups is 2. The van der Waals surface area contributed by atoms with Crippen LogP contribution in [0.1, 0.15) is 23.6 Å². The summed E-state index contributed by atoms with van der Waals surface area (Å²) in [6.07, 6.45) is 5.82. The molecule has 0 saturated carbocycles. The number of methoxy groups -OCH3 is 2. The molecule has 1 saturated heterocycles. The number of Topliss-reactive ketones (excluding diaryl/α,β-unsaturated/α-hetero) is 1. The predicted molar refractivity (Wildman–Crippen MR) is 122 cm³/mol. The summed E-state index contributed by atoms with van der Waals surface area (Å²) in [5.74, 6) is -0.571. The van der Waals surface area contributed by atoms with Crippen molar-refractivity contribution in [2.75, 3.05) is 20.8 Å². The Morgan fingerprint density at radius 1 is 1.06 bits per heavy atom. The van der Waals surface area contributed by atoms with Crippen molar-refractivity contribution >= 4 is 17.4 Å². The van der Waals surface area contributed by atoms with Gasteiger partial charge in [0.15, 0.2) is 0 Å². The van der Waals surface area contributed by atoms with E-state index in [2.05, 4.69) is 4.98 Å². The van der Waals surface area contributed by atoms with Crippen LogP contribution in [0.25, 0.3) is 5.76 Å². The number of rotatable bonds is 8. The molecule has 1 N–H and O–H groups in total. The molecule has 1 fully saturated rings. The first-order valence-electron chi connectivity index (χ1n) is 10.6. The number of ether oxygens (including phenoxy) is 2. The van der Waals surface area contributed by atoms with Gasteiger partial charge in [-0.05, 0) is 24.6 Å². The number of imidazole rings is 1. The van der Waals surface area contributed by atoms with E-state index in [1.807, 2.05) is 16.8 Å². The van der Waals surface area contributed by atoms with Gasteiger partial charge in [0.1, 0.15) is 17.3 Å². The van der Waals surface area contributed by atoms with Gasteiger partial charge in [-0.3, -0.25) is 9.59 Å². The van der Waals surface area contributed by atoms with Crippen molar-refractivity contribution in [3.63, 3.8) is 0 Å². The molecule has 0 aliphatic carbocycles. The zero-order valence-electron chi connectivity index (χ0n) is 18.5. The van der Waals surface area contributed by atoms with Crippen LogP contribution in [0.5, 0.6) is 11.5 Å². The topological polar surface area (TPSA) is 93.9 Å². The fourth-order valence-corrected chi connectivity index (χ4v) is 4.08. The second-order valence-electron chi connectivity index (χ2n) is 7.62. The van der Waals surface area contributed by atoms with Crippen LogP contribution in [0.2, 0.25) is 0 Å². The summed E-state index contributed by atoms with van der Waals surface area (Å²) in [7, 11) is 3.06. The molecular formula is C25H25N3O5. The maximum Gasteiger partial charge on any atom is 0.295 e. The standard InChI is InChI=1S/C25H25N3O5/c1-32-18-9-10-20(33-2)19(15-18)22-21(23(29)17-7-4-3-5-8-17)24(30)25(31)28(22)13-6-12-27-14-11-26-16-27/h3-5,7-11,14-16,22,29H,6,12-13H2,1-2H3/b23-21+. The van der Waals surface area contributed by atoms with Crippen LogP contribution in [0.3, 0.4) is 0 Å². The van der Waals surface area contributed by atoms with Gasteiger partial charge in [-0.1, -0.05) is 30.3 Å². The molecule has 1 unspecified atom stereocenters. The number of nitrogens with zero attached hydrogens (tertiary/aromatic N) is 3. The number of hydrogen-bond donors (Lipinski definition) is 1. The SMILES string of the molecule is COc1ccc(OC)c(C2/C(=C(\O)c3ccccc3)C(=O)C(=O)N2CCCn2ccnc2)c1. The van der Waals surface area contributed by atoms with Gasteiger partial charge in [-0.2, -0.15) is 0 Å². The van der Waals surface area contributed by atoms with Crippen LogP contribution in [-0.2, 0) is 16.1 Å². The van der Waals surface area contributed by atoms with Crippen LogP contribution in [0.4, 0.5) is 0 Å². The molecular weight excluding hydrogens is 422 g/mol. The van der Waals surface area contributed by atoms with Crippen molar-refractivity contribution in [3.05, 3.63) is 84.0 Å². The van der Waals surface area contributed by atoms with Gasteiger partial charge in [0.25, 0.3) is 11.7 Å². The van der Waals surface area contributed by atoms with Crippen molar-refractivity contribution in [3.8, 4) is 11.5 Å². The van der Waals surface area contributed by atoms with Crippen molar-refractivity contribution in [1.29, 1.82) is 0 Å². The minimum Gasteiger partial charge on any atom is -0.507 e. The Bertz CT molecular complexity index is 1170. The van der Waals surface area contributed by atoms with E-state index in [1.54, 1.807) is 55.0 Å². The molecule has 1 atom stereocenters. The molecule has 1 aliphatic rings. The largest absolute Gasteiger partial charge is 0.507 e. The fourth-order valence-electron chi connectivity index (χ4n) is 4.08. The van der Waals surface area contributed by atoms with Gasteiger partial charge in [-0.15, -0.1) is 0 Å². The number of amides is 1. The zero-order chi connectivity index (χ0) is 23.4. The molecule has 0 spiro atoms. The summed E-state index contributed by atoms with van der Waals surface area (Å²) >= 11 is 0. The third-order valence-corrected chi connectivity index (χ3v) is 5.69. The molecule has 0 radical (unpaired) electrons. The Balaban J connectivity index is 1.80. The first-order chi connectivity index (χ1) is 16.0. The van der Waals surface area contributed by atoms with Gasteiger partial charge < -0.3 is 24.0 Å². The number of ketones is 1. The summed E-state index contributed by atoms with van der Waals surface area (Å²) in [6, 6.07) is 13.1. The number of likely N-dealkylation sites (tertiary alicyclic amines) is 1. The Labute approximate surface area is 191 Å². The van der Waals surface area contributed by atoms with E-state index >= 15 is 0 Å². The van der Waals surface area contributed by atoms with E-state index in [0.717, 1.165) is 0 Å². The summed E-state index contributed by atoms with van der Waals surface area (Å²) in [6.45, 7) is 0.934. The fraction of sp³-hybridized carbons (Fsp3) is 0.240. The lowest BCUT2D eigenvalue weighted by molar-refractivity contribution is -0.140. The molecule has 170 valence electrons. The molecule has 4 rings (SSSR count). The van der Waals surface area contributed by atoms with E-state index in [1.165, 1.54) is 19.1 Å². The minimum absolute atomic E-state index is 0.0281. The zero-order valence-corrected chi connectivity index (χ0v) is 18.5. The first-order valence-corrected chi connectivity index (χ1v) is 10.6. The second kappa shape index (κ2) is 9.60.